The second kappa shape index (κ2) is 9.76. The molecular weight excluding hydrogens is 344 g/mol. The summed E-state index contributed by atoms with van der Waals surface area (Å²) in [6.45, 7) is 2.63. The minimum Gasteiger partial charge on any atom is -0.423 e. The predicted octanol–water partition coefficient (Wildman–Crippen LogP) is 2.35. The number of ether oxygens (including phenoxy) is 1. The van der Waals surface area contributed by atoms with Crippen molar-refractivity contribution in [3.8, 4) is 5.75 Å². The van der Waals surface area contributed by atoms with Gasteiger partial charge in [0.2, 0.25) is 5.91 Å². The van der Waals surface area contributed by atoms with Crippen molar-refractivity contribution in [1.82, 2.24) is 5.32 Å². The zero-order valence-electron chi connectivity index (χ0n) is 15.0. The third-order valence-electron chi connectivity index (χ3n) is 3.43. The number of nitrogens with zero attached hydrogens (tertiary/aromatic N) is 1. The van der Waals surface area contributed by atoms with Crippen molar-refractivity contribution in [2.45, 2.75) is 13.3 Å². The van der Waals surface area contributed by atoms with Crippen LogP contribution in [0.4, 0.5) is 5.69 Å². The summed E-state index contributed by atoms with van der Waals surface area (Å²) in [7, 11) is 0. The summed E-state index contributed by atoms with van der Waals surface area (Å²) in [5, 5.41) is 2.76. The molecule has 0 fully saturated rings. The van der Waals surface area contributed by atoms with Gasteiger partial charge in [0, 0.05) is 12.6 Å². The number of amides is 1. The van der Waals surface area contributed by atoms with Gasteiger partial charge in [-0.15, -0.1) is 0 Å². The first-order valence-electron chi connectivity index (χ1n) is 8.46. The molecule has 0 heterocycles. The van der Waals surface area contributed by atoms with Crippen LogP contribution in [0, 0.1) is 0 Å². The fraction of sp³-hybridized carbons (Fsp3) is 0.150. The van der Waals surface area contributed by atoms with Gasteiger partial charge in [0.15, 0.2) is 5.96 Å². The van der Waals surface area contributed by atoms with Gasteiger partial charge < -0.3 is 21.5 Å². The van der Waals surface area contributed by atoms with Crippen molar-refractivity contribution < 1.29 is 14.3 Å². The molecule has 2 aromatic rings. The molecule has 0 aromatic heterocycles. The van der Waals surface area contributed by atoms with Gasteiger partial charge in [-0.25, -0.2) is 9.79 Å². The van der Waals surface area contributed by atoms with E-state index >= 15 is 0 Å². The summed E-state index contributed by atoms with van der Waals surface area (Å²) in [6, 6.07) is 13.2. The van der Waals surface area contributed by atoms with Crippen LogP contribution < -0.4 is 21.5 Å². The topological polar surface area (TPSA) is 120 Å². The maximum absolute atomic E-state index is 12.2. The van der Waals surface area contributed by atoms with E-state index in [0.29, 0.717) is 23.5 Å². The van der Waals surface area contributed by atoms with Gasteiger partial charge in [-0.2, -0.15) is 0 Å². The molecule has 0 bridgehead atoms. The molecule has 0 saturated heterocycles. The highest BCUT2D eigenvalue weighted by molar-refractivity contribution is 5.92. The Morgan fingerprint density at radius 3 is 2.33 bits per heavy atom. The Morgan fingerprint density at radius 2 is 1.74 bits per heavy atom. The van der Waals surface area contributed by atoms with Crippen molar-refractivity contribution in [3.63, 3.8) is 0 Å². The average Bonchev–Trinajstić information content (AvgIpc) is 2.66. The standard InChI is InChI=1S/C20H22N4O3/c1-2-13-23-18(25)12-5-14-3-10-17(11-4-14)27-19(26)15-6-8-16(9-7-15)24-20(21)22/h3-12H,2,13H2,1H3,(H,23,25)(H4,21,22,24). The second-order valence-corrected chi connectivity index (χ2v) is 5.67. The second-order valence-electron chi connectivity index (χ2n) is 5.67. The molecule has 140 valence electrons. The van der Waals surface area contributed by atoms with Crippen LogP contribution in [0.3, 0.4) is 0 Å². The van der Waals surface area contributed by atoms with E-state index in [4.69, 9.17) is 16.2 Å². The van der Waals surface area contributed by atoms with E-state index in [1.807, 2.05) is 6.92 Å². The van der Waals surface area contributed by atoms with Gasteiger partial charge in [0.1, 0.15) is 5.75 Å². The number of hydrogen-bond acceptors (Lipinski definition) is 4. The Bertz CT molecular complexity index is 837. The Balaban J connectivity index is 1.95. The normalized spacial score (nSPS) is 10.4. The Hall–Kier alpha value is -3.61. The lowest BCUT2D eigenvalue weighted by molar-refractivity contribution is -0.116. The summed E-state index contributed by atoms with van der Waals surface area (Å²) in [5.41, 5.74) is 12.4. The van der Waals surface area contributed by atoms with Crippen LogP contribution in [0.1, 0.15) is 29.3 Å². The lowest BCUT2D eigenvalue weighted by Gasteiger charge is -2.05. The molecule has 0 aliphatic heterocycles. The van der Waals surface area contributed by atoms with E-state index in [0.717, 1.165) is 12.0 Å². The van der Waals surface area contributed by atoms with E-state index < -0.39 is 5.97 Å². The van der Waals surface area contributed by atoms with Gasteiger partial charge in [-0.1, -0.05) is 19.1 Å². The Morgan fingerprint density at radius 1 is 1.07 bits per heavy atom. The number of esters is 1. The first-order chi connectivity index (χ1) is 13.0. The summed E-state index contributed by atoms with van der Waals surface area (Å²) in [6.07, 6.45) is 4.05. The molecule has 0 saturated carbocycles. The van der Waals surface area contributed by atoms with Gasteiger partial charge >= 0.3 is 5.97 Å². The number of nitrogens with one attached hydrogen (secondary N) is 1. The van der Waals surface area contributed by atoms with E-state index in [1.165, 1.54) is 6.08 Å². The van der Waals surface area contributed by atoms with Crippen LogP contribution in [0.5, 0.6) is 5.75 Å². The molecule has 2 rings (SSSR count). The maximum Gasteiger partial charge on any atom is 0.343 e. The van der Waals surface area contributed by atoms with Gasteiger partial charge in [-0.05, 0) is 54.5 Å². The molecule has 0 spiro atoms. The van der Waals surface area contributed by atoms with Crippen LogP contribution in [-0.2, 0) is 4.79 Å². The summed E-state index contributed by atoms with van der Waals surface area (Å²) in [4.78, 5) is 27.6. The zero-order valence-corrected chi connectivity index (χ0v) is 15.0. The molecule has 7 nitrogen and oxygen atoms in total. The van der Waals surface area contributed by atoms with Crippen LogP contribution in [0.25, 0.3) is 6.08 Å². The van der Waals surface area contributed by atoms with E-state index in [9.17, 15) is 9.59 Å². The van der Waals surface area contributed by atoms with E-state index in [1.54, 1.807) is 54.6 Å². The minimum atomic E-state index is -0.492. The van der Waals surface area contributed by atoms with Crippen LogP contribution in [0.15, 0.2) is 59.6 Å². The zero-order chi connectivity index (χ0) is 19.6. The largest absolute Gasteiger partial charge is 0.423 e. The number of hydrogen-bond donors (Lipinski definition) is 3. The lowest BCUT2D eigenvalue weighted by atomic mass is 10.2. The fourth-order valence-electron chi connectivity index (χ4n) is 2.11. The number of aliphatic imine (C=N–C) groups is 1. The number of nitrogens with two attached hydrogens (primary N) is 2. The highest BCUT2D eigenvalue weighted by Gasteiger charge is 2.08. The average molecular weight is 366 g/mol. The summed E-state index contributed by atoms with van der Waals surface area (Å²) < 4.78 is 5.33. The van der Waals surface area contributed by atoms with Crippen molar-refractivity contribution in [1.29, 1.82) is 0 Å². The molecule has 0 radical (unpaired) electrons. The van der Waals surface area contributed by atoms with Crippen molar-refractivity contribution >= 4 is 29.6 Å². The monoisotopic (exact) mass is 366 g/mol. The van der Waals surface area contributed by atoms with Crippen molar-refractivity contribution in [3.05, 3.63) is 65.7 Å². The SMILES string of the molecule is CCCNC(=O)C=Cc1ccc(OC(=O)c2ccc(N=C(N)N)cc2)cc1. The number of benzene rings is 2. The highest BCUT2D eigenvalue weighted by Crippen LogP contribution is 2.17. The van der Waals surface area contributed by atoms with Gasteiger partial charge in [-0.3, -0.25) is 4.79 Å². The first-order valence-corrected chi connectivity index (χ1v) is 8.46. The highest BCUT2D eigenvalue weighted by atomic mass is 16.5. The van der Waals surface area contributed by atoms with Crippen LogP contribution >= 0.6 is 0 Å². The first kappa shape index (κ1) is 19.7. The summed E-state index contributed by atoms with van der Waals surface area (Å²) in [5.74, 6) is -0.284. The summed E-state index contributed by atoms with van der Waals surface area (Å²) >= 11 is 0. The lowest BCUT2D eigenvalue weighted by Crippen LogP contribution is -2.21. The smallest absolute Gasteiger partial charge is 0.343 e. The van der Waals surface area contributed by atoms with E-state index in [-0.39, 0.29) is 11.9 Å². The number of carbonyl (C=O) groups excluding carboxylic acids is 2. The molecule has 27 heavy (non-hydrogen) atoms. The number of carbonyl (C=O) groups is 2. The third kappa shape index (κ3) is 6.66. The molecular formula is C20H22N4O3. The number of guanidine groups is 1. The molecule has 0 aliphatic rings. The molecule has 2 aromatic carbocycles. The Kier molecular flexibility index (Phi) is 7.13. The van der Waals surface area contributed by atoms with Gasteiger partial charge in [0.25, 0.3) is 0 Å². The van der Waals surface area contributed by atoms with Crippen LogP contribution in [0.2, 0.25) is 0 Å². The van der Waals surface area contributed by atoms with Gasteiger partial charge in [0.05, 0.1) is 11.3 Å². The fourth-order valence-corrected chi connectivity index (χ4v) is 2.11. The molecule has 7 heteroatoms. The Labute approximate surface area is 157 Å². The molecule has 5 N–H and O–H groups in total. The van der Waals surface area contributed by atoms with E-state index in [2.05, 4.69) is 10.3 Å². The van der Waals surface area contributed by atoms with Crippen molar-refractivity contribution in [2.24, 2.45) is 16.5 Å². The quantitative estimate of drug-likeness (QED) is 0.228. The van der Waals surface area contributed by atoms with Crippen LogP contribution in [-0.4, -0.2) is 24.4 Å². The number of rotatable bonds is 7. The molecule has 1 amide bonds. The maximum atomic E-state index is 12.2. The molecule has 0 atom stereocenters. The predicted molar refractivity (Wildman–Crippen MR) is 106 cm³/mol. The van der Waals surface area contributed by atoms with Crippen molar-refractivity contribution in [2.75, 3.05) is 6.54 Å². The molecule has 0 aliphatic carbocycles. The minimum absolute atomic E-state index is 0.0534. The molecule has 0 unspecified atom stereocenters. The third-order valence-corrected chi connectivity index (χ3v) is 3.43.